The van der Waals surface area contributed by atoms with Crippen LogP contribution in [0.25, 0.3) is 5.69 Å². The molecule has 2 heterocycles. The van der Waals surface area contributed by atoms with Gasteiger partial charge in [0.25, 0.3) is 0 Å². The smallest absolute Gasteiger partial charge is 0.337 e. The van der Waals surface area contributed by atoms with Crippen molar-refractivity contribution < 1.29 is 9.90 Å². The van der Waals surface area contributed by atoms with Gasteiger partial charge in [-0.25, -0.2) is 9.47 Å². The normalized spacial score (nSPS) is 11.2. The number of nitrogens with zero attached hydrogens (tertiary/aromatic N) is 5. The van der Waals surface area contributed by atoms with Gasteiger partial charge in [0.15, 0.2) is 0 Å². The van der Waals surface area contributed by atoms with E-state index in [1.807, 2.05) is 30.5 Å². The topological polar surface area (TPSA) is 85.3 Å². The predicted octanol–water partition coefficient (Wildman–Crippen LogP) is 2.27. The highest BCUT2D eigenvalue weighted by atomic mass is 16.4. The molecule has 1 aromatic carbocycles. The van der Waals surface area contributed by atoms with E-state index in [2.05, 4.69) is 15.3 Å². The van der Waals surface area contributed by atoms with Crippen molar-refractivity contribution in [1.29, 1.82) is 0 Å². The maximum absolute atomic E-state index is 11.4. The van der Waals surface area contributed by atoms with Crippen molar-refractivity contribution >= 4 is 12.2 Å². The van der Waals surface area contributed by atoms with Gasteiger partial charge in [-0.2, -0.15) is 5.10 Å². The number of hydrogen-bond donors (Lipinski definition) is 1. The molecule has 0 saturated carbocycles. The highest BCUT2D eigenvalue weighted by molar-refractivity contribution is 5.92. The first-order valence-electron chi connectivity index (χ1n) is 6.98. The Morgan fingerprint density at radius 1 is 1.22 bits per heavy atom. The van der Waals surface area contributed by atoms with E-state index in [0.29, 0.717) is 5.69 Å². The van der Waals surface area contributed by atoms with Crippen LogP contribution in [0.2, 0.25) is 0 Å². The van der Waals surface area contributed by atoms with Crippen molar-refractivity contribution in [1.82, 2.24) is 19.4 Å². The Morgan fingerprint density at radius 3 is 2.61 bits per heavy atom. The van der Waals surface area contributed by atoms with Crippen LogP contribution in [0.3, 0.4) is 0 Å². The average Bonchev–Trinajstić information content (AvgIpc) is 3.13. The van der Waals surface area contributed by atoms with Crippen LogP contribution in [-0.2, 0) is 0 Å². The summed E-state index contributed by atoms with van der Waals surface area (Å²) >= 11 is 0. The molecule has 0 aliphatic carbocycles. The summed E-state index contributed by atoms with van der Waals surface area (Å²) in [5, 5.41) is 21.0. The number of para-hydroxylation sites is 1. The van der Waals surface area contributed by atoms with Crippen molar-refractivity contribution in [2.45, 2.75) is 13.8 Å². The summed E-state index contributed by atoms with van der Waals surface area (Å²) in [7, 11) is 0. The summed E-state index contributed by atoms with van der Waals surface area (Å²) in [6.07, 6.45) is 4.69. The van der Waals surface area contributed by atoms with Crippen LogP contribution in [0, 0.1) is 13.8 Å². The van der Waals surface area contributed by atoms with Crippen LogP contribution in [0.5, 0.6) is 0 Å². The molecular weight excluding hydrogens is 294 g/mol. The Bertz CT molecular complexity index is 878. The van der Waals surface area contributed by atoms with Crippen LogP contribution < -0.4 is 0 Å². The third kappa shape index (κ3) is 2.76. The van der Waals surface area contributed by atoms with Crippen molar-refractivity contribution in [2.24, 2.45) is 5.10 Å². The van der Waals surface area contributed by atoms with Gasteiger partial charge in [0.1, 0.15) is 12.7 Å². The fourth-order valence-corrected chi connectivity index (χ4v) is 2.52. The van der Waals surface area contributed by atoms with Gasteiger partial charge in [-0.3, -0.25) is 0 Å². The third-order valence-corrected chi connectivity index (χ3v) is 3.58. The second-order valence-corrected chi connectivity index (χ2v) is 5.07. The first kappa shape index (κ1) is 14.7. The number of carboxylic acid groups (broad SMARTS) is 1. The molecule has 116 valence electrons. The van der Waals surface area contributed by atoms with Gasteiger partial charge in [-0.1, -0.05) is 12.1 Å². The lowest BCUT2D eigenvalue weighted by molar-refractivity contribution is 0.0697. The molecule has 0 aliphatic rings. The maximum atomic E-state index is 11.4. The standard InChI is InChI=1S/C16H15N5O2/c1-11-7-13(8-19-20-9-17-18-10-20)12(2)21(11)15-6-4-3-5-14(15)16(22)23/h3-10H,1-2H3,(H,22,23)/b19-8-. The van der Waals surface area contributed by atoms with E-state index < -0.39 is 5.97 Å². The molecule has 7 nitrogen and oxygen atoms in total. The second-order valence-electron chi connectivity index (χ2n) is 5.07. The molecule has 2 aromatic heterocycles. The summed E-state index contributed by atoms with van der Waals surface area (Å²) in [5.41, 5.74) is 3.64. The van der Waals surface area contributed by atoms with Gasteiger partial charge in [-0.15, -0.1) is 10.2 Å². The predicted molar refractivity (Wildman–Crippen MR) is 85.2 cm³/mol. The average molecular weight is 309 g/mol. The molecule has 0 aliphatic heterocycles. The Hall–Kier alpha value is -3.22. The number of benzene rings is 1. The van der Waals surface area contributed by atoms with E-state index in [-0.39, 0.29) is 5.56 Å². The number of carboxylic acids is 1. The fraction of sp³-hybridized carbons (Fsp3) is 0.125. The van der Waals surface area contributed by atoms with Crippen molar-refractivity contribution in [3.63, 3.8) is 0 Å². The molecule has 0 amide bonds. The zero-order chi connectivity index (χ0) is 16.4. The molecular formula is C16H15N5O2. The van der Waals surface area contributed by atoms with Crippen molar-refractivity contribution in [3.05, 3.63) is 65.5 Å². The van der Waals surface area contributed by atoms with Gasteiger partial charge < -0.3 is 9.67 Å². The molecule has 3 rings (SSSR count). The molecule has 3 aromatic rings. The molecule has 0 unspecified atom stereocenters. The minimum absolute atomic E-state index is 0.261. The Kier molecular flexibility index (Phi) is 3.76. The Morgan fingerprint density at radius 2 is 1.91 bits per heavy atom. The van der Waals surface area contributed by atoms with Crippen LogP contribution in [0.1, 0.15) is 27.3 Å². The summed E-state index contributed by atoms with van der Waals surface area (Å²) in [6.45, 7) is 3.86. The van der Waals surface area contributed by atoms with Gasteiger partial charge in [0, 0.05) is 17.0 Å². The zero-order valence-corrected chi connectivity index (χ0v) is 12.7. The Labute approximate surface area is 132 Å². The van der Waals surface area contributed by atoms with Gasteiger partial charge >= 0.3 is 5.97 Å². The van der Waals surface area contributed by atoms with E-state index in [1.54, 1.807) is 24.4 Å². The largest absolute Gasteiger partial charge is 0.478 e. The molecule has 0 fully saturated rings. The van der Waals surface area contributed by atoms with Crippen LogP contribution in [0.4, 0.5) is 0 Å². The lowest BCUT2D eigenvalue weighted by Crippen LogP contribution is -2.07. The molecule has 0 spiro atoms. The second kappa shape index (κ2) is 5.88. The molecule has 23 heavy (non-hydrogen) atoms. The molecule has 0 atom stereocenters. The lowest BCUT2D eigenvalue weighted by atomic mass is 10.1. The SMILES string of the molecule is Cc1cc(/C=N\n2cnnc2)c(C)n1-c1ccccc1C(=O)O. The molecule has 0 bridgehead atoms. The quantitative estimate of drug-likeness (QED) is 0.749. The van der Waals surface area contributed by atoms with Crippen LogP contribution in [-0.4, -0.2) is 36.7 Å². The van der Waals surface area contributed by atoms with E-state index in [9.17, 15) is 9.90 Å². The summed E-state index contributed by atoms with van der Waals surface area (Å²) < 4.78 is 3.41. The van der Waals surface area contributed by atoms with Gasteiger partial charge in [0.2, 0.25) is 0 Å². The molecule has 7 heteroatoms. The van der Waals surface area contributed by atoms with Crippen molar-refractivity contribution in [3.8, 4) is 5.69 Å². The monoisotopic (exact) mass is 309 g/mol. The molecule has 0 radical (unpaired) electrons. The van der Waals surface area contributed by atoms with E-state index in [4.69, 9.17) is 0 Å². The maximum Gasteiger partial charge on any atom is 0.337 e. The minimum Gasteiger partial charge on any atom is -0.478 e. The first-order chi connectivity index (χ1) is 11.1. The number of hydrogen-bond acceptors (Lipinski definition) is 4. The Balaban J connectivity index is 2.07. The van der Waals surface area contributed by atoms with E-state index in [1.165, 1.54) is 17.3 Å². The van der Waals surface area contributed by atoms with E-state index in [0.717, 1.165) is 17.0 Å². The highest BCUT2D eigenvalue weighted by Crippen LogP contribution is 2.22. The number of aromatic carboxylic acids is 1. The highest BCUT2D eigenvalue weighted by Gasteiger charge is 2.15. The number of aryl methyl sites for hydroxylation is 1. The van der Waals surface area contributed by atoms with Gasteiger partial charge in [-0.05, 0) is 32.0 Å². The summed E-state index contributed by atoms with van der Waals surface area (Å²) in [4.78, 5) is 11.4. The van der Waals surface area contributed by atoms with Gasteiger partial charge in [0.05, 0.1) is 17.5 Å². The molecule has 1 N–H and O–H groups in total. The van der Waals surface area contributed by atoms with Crippen LogP contribution >= 0.6 is 0 Å². The zero-order valence-electron chi connectivity index (χ0n) is 12.7. The fourth-order valence-electron chi connectivity index (χ4n) is 2.52. The number of aromatic nitrogens is 4. The summed E-state index contributed by atoms with van der Waals surface area (Å²) in [6, 6.07) is 8.90. The summed E-state index contributed by atoms with van der Waals surface area (Å²) in [5.74, 6) is -0.951. The van der Waals surface area contributed by atoms with Crippen LogP contribution in [0.15, 0.2) is 48.1 Å². The first-order valence-corrected chi connectivity index (χ1v) is 6.98. The number of rotatable bonds is 4. The van der Waals surface area contributed by atoms with E-state index >= 15 is 0 Å². The lowest BCUT2D eigenvalue weighted by Gasteiger charge is -2.12. The number of carbonyl (C=O) groups is 1. The molecule has 0 saturated heterocycles. The minimum atomic E-state index is -0.951. The third-order valence-electron chi connectivity index (χ3n) is 3.58. The van der Waals surface area contributed by atoms with Crippen molar-refractivity contribution in [2.75, 3.05) is 0 Å².